The van der Waals surface area contributed by atoms with Crippen LogP contribution in [0.2, 0.25) is 5.02 Å². The number of hydrogen-bond donors (Lipinski definition) is 1. The third-order valence-electron chi connectivity index (χ3n) is 5.53. The Labute approximate surface area is 187 Å². The van der Waals surface area contributed by atoms with E-state index in [0.717, 1.165) is 31.9 Å². The second kappa shape index (κ2) is 9.03. The van der Waals surface area contributed by atoms with Crippen molar-refractivity contribution in [2.24, 2.45) is 0 Å². The number of nitrogens with one attached hydrogen (secondary N) is 1. The number of amides is 2. The summed E-state index contributed by atoms with van der Waals surface area (Å²) in [7, 11) is 0. The number of nitrogens with zero attached hydrogens (tertiary/aromatic N) is 3. The Morgan fingerprint density at radius 1 is 1.03 bits per heavy atom. The molecule has 2 aromatic rings. The van der Waals surface area contributed by atoms with E-state index in [1.807, 2.05) is 0 Å². The van der Waals surface area contributed by atoms with E-state index in [1.165, 1.54) is 30.3 Å². The molecule has 2 amide bonds. The van der Waals surface area contributed by atoms with Crippen molar-refractivity contribution in [3.8, 4) is 5.75 Å². The van der Waals surface area contributed by atoms with Gasteiger partial charge in [-0.1, -0.05) is 11.6 Å². The minimum absolute atomic E-state index is 0.210. The van der Waals surface area contributed by atoms with Crippen molar-refractivity contribution >= 4 is 29.0 Å². The van der Waals surface area contributed by atoms with Gasteiger partial charge in [0.15, 0.2) is 0 Å². The standard InChI is InChI=1S/C21H21ClF4N4O2/c22-14-9-15(23)11-16(10-14)27-20(31)30-12-18(13-30)29-7-5-28(6-8-29)17-1-3-19(4-2-17)32-21(24,25)26/h1-4,9-11,18H,5-8,12-13H2,(H,27,31). The number of carbonyl (C=O) groups is 1. The van der Waals surface area contributed by atoms with Crippen LogP contribution in [-0.2, 0) is 0 Å². The maximum Gasteiger partial charge on any atom is 0.573 e. The number of carbonyl (C=O) groups excluding carboxylic acids is 1. The van der Waals surface area contributed by atoms with Crippen molar-refractivity contribution in [1.82, 2.24) is 9.80 Å². The van der Waals surface area contributed by atoms with E-state index < -0.39 is 12.2 Å². The Morgan fingerprint density at radius 2 is 1.69 bits per heavy atom. The van der Waals surface area contributed by atoms with Gasteiger partial charge in [-0.3, -0.25) is 4.90 Å². The first-order chi connectivity index (χ1) is 15.2. The summed E-state index contributed by atoms with van der Waals surface area (Å²) < 4.78 is 54.2. The molecule has 2 aliphatic rings. The molecule has 0 radical (unpaired) electrons. The lowest BCUT2D eigenvalue weighted by Gasteiger charge is -2.48. The van der Waals surface area contributed by atoms with Crippen molar-refractivity contribution in [2.75, 3.05) is 49.5 Å². The zero-order valence-electron chi connectivity index (χ0n) is 16.9. The van der Waals surface area contributed by atoms with Crippen LogP contribution in [0.25, 0.3) is 0 Å². The van der Waals surface area contributed by atoms with Crippen molar-refractivity contribution in [3.63, 3.8) is 0 Å². The smallest absolute Gasteiger partial charge is 0.406 e. The van der Waals surface area contributed by atoms with Crippen LogP contribution in [-0.4, -0.2) is 67.5 Å². The van der Waals surface area contributed by atoms with Crippen LogP contribution >= 0.6 is 11.6 Å². The van der Waals surface area contributed by atoms with E-state index in [1.54, 1.807) is 17.0 Å². The first kappa shape index (κ1) is 22.5. The van der Waals surface area contributed by atoms with Crippen LogP contribution in [0.4, 0.5) is 33.7 Å². The summed E-state index contributed by atoms with van der Waals surface area (Å²) in [6, 6.07) is 9.65. The number of urea groups is 1. The van der Waals surface area contributed by atoms with Crippen molar-refractivity contribution in [1.29, 1.82) is 0 Å². The molecule has 32 heavy (non-hydrogen) atoms. The van der Waals surface area contributed by atoms with E-state index in [-0.39, 0.29) is 22.8 Å². The minimum Gasteiger partial charge on any atom is -0.406 e. The van der Waals surface area contributed by atoms with Gasteiger partial charge < -0.3 is 19.9 Å². The molecule has 172 valence electrons. The van der Waals surface area contributed by atoms with Crippen molar-refractivity contribution in [3.05, 3.63) is 53.3 Å². The van der Waals surface area contributed by atoms with Crippen LogP contribution in [0.5, 0.6) is 5.75 Å². The van der Waals surface area contributed by atoms with Crippen LogP contribution in [0.1, 0.15) is 0 Å². The Kier molecular flexibility index (Phi) is 6.34. The molecule has 0 bridgehead atoms. The van der Waals surface area contributed by atoms with Gasteiger partial charge in [0.2, 0.25) is 0 Å². The molecule has 0 aliphatic carbocycles. The molecule has 2 heterocycles. The van der Waals surface area contributed by atoms with Gasteiger partial charge in [0.25, 0.3) is 0 Å². The molecule has 0 saturated carbocycles. The SMILES string of the molecule is O=C(Nc1cc(F)cc(Cl)c1)N1CC(N2CCN(c3ccc(OC(F)(F)F)cc3)CC2)C1. The molecule has 6 nitrogen and oxygen atoms in total. The fourth-order valence-electron chi connectivity index (χ4n) is 3.88. The number of ether oxygens (including phenoxy) is 1. The lowest BCUT2D eigenvalue weighted by molar-refractivity contribution is -0.274. The first-order valence-electron chi connectivity index (χ1n) is 10.0. The summed E-state index contributed by atoms with van der Waals surface area (Å²) in [6.07, 6.45) is -4.70. The number of rotatable bonds is 4. The van der Waals surface area contributed by atoms with E-state index in [0.29, 0.717) is 18.8 Å². The molecule has 1 N–H and O–H groups in total. The summed E-state index contributed by atoms with van der Waals surface area (Å²) in [5, 5.41) is 2.86. The topological polar surface area (TPSA) is 48.1 Å². The maximum absolute atomic E-state index is 13.4. The third kappa shape index (κ3) is 5.55. The van der Waals surface area contributed by atoms with Gasteiger partial charge in [-0.15, -0.1) is 13.2 Å². The zero-order valence-corrected chi connectivity index (χ0v) is 17.7. The summed E-state index contributed by atoms with van der Waals surface area (Å²) in [5.41, 5.74) is 1.14. The minimum atomic E-state index is -4.70. The van der Waals surface area contributed by atoms with Crippen LogP contribution in [0.15, 0.2) is 42.5 Å². The summed E-state index contributed by atoms with van der Waals surface area (Å²) >= 11 is 5.81. The van der Waals surface area contributed by atoms with Crippen molar-refractivity contribution in [2.45, 2.75) is 12.4 Å². The average Bonchev–Trinajstić information content (AvgIpc) is 2.66. The Bertz CT molecular complexity index is 939. The molecule has 2 aromatic carbocycles. The molecule has 0 atom stereocenters. The second-order valence-electron chi connectivity index (χ2n) is 7.71. The highest BCUT2D eigenvalue weighted by Gasteiger charge is 2.36. The Morgan fingerprint density at radius 3 is 2.28 bits per heavy atom. The highest BCUT2D eigenvalue weighted by molar-refractivity contribution is 6.30. The van der Waals surface area contributed by atoms with Gasteiger partial charge in [0.05, 0.1) is 0 Å². The number of piperazine rings is 1. The molecule has 0 unspecified atom stereocenters. The second-order valence-corrected chi connectivity index (χ2v) is 8.15. The van der Waals surface area contributed by atoms with E-state index in [2.05, 4.69) is 19.9 Å². The molecule has 2 fully saturated rings. The summed E-state index contributed by atoms with van der Waals surface area (Å²) in [5.74, 6) is -0.761. The number of likely N-dealkylation sites (tertiary alicyclic amines) is 1. The zero-order chi connectivity index (χ0) is 22.9. The highest BCUT2D eigenvalue weighted by atomic mass is 35.5. The summed E-state index contributed by atoms with van der Waals surface area (Å²) in [4.78, 5) is 18.4. The predicted molar refractivity (Wildman–Crippen MR) is 113 cm³/mol. The van der Waals surface area contributed by atoms with E-state index >= 15 is 0 Å². The molecular weight excluding hydrogens is 452 g/mol. The average molecular weight is 473 g/mol. The molecule has 2 aliphatic heterocycles. The fraction of sp³-hybridized carbons (Fsp3) is 0.381. The number of halogens is 5. The number of hydrogen-bond acceptors (Lipinski definition) is 4. The molecule has 0 spiro atoms. The van der Waals surface area contributed by atoms with Gasteiger partial charge >= 0.3 is 12.4 Å². The summed E-state index contributed by atoms with van der Waals surface area (Å²) in [6.45, 7) is 4.14. The largest absolute Gasteiger partial charge is 0.573 e. The fourth-order valence-corrected chi connectivity index (χ4v) is 4.11. The van der Waals surface area contributed by atoms with E-state index in [9.17, 15) is 22.4 Å². The number of benzene rings is 2. The van der Waals surface area contributed by atoms with Crippen molar-refractivity contribution < 1.29 is 27.1 Å². The quantitative estimate of drug-likeness (QED) is 0.669. The lowest BCUT2D eigenvalue weighted by atomic mass is 10.1. The van der Waals surface area contributed by atoms with Gasteiger partial charge in [-0.05, 0) is 42.5 Å². The maximum atomic E-state index is 13.4. The molecule has 4 rings (SSSR count). The predicted octanol–water partition coefficient (Wildman–Crippen LogP) is 4.42. The van der Waals surface area contributed by atoms with Gasteiger partial charge in [0.1, 0.15) is 11.6 Å². The molecule has 2 saturated heterocycles. The Balaban J connectivity index is 1.22. The van der Waals surface area contributed by atoms with E-state index in [4.69, 9.17) is 11.6 Å². The first-order valence-corrected chi connectivity index (χ1v) is 10.4. The third-order valence-corrected chi connectivity index (χ3v) is 5.75. The molecular formula is C21H21ClF4N4O2. The Hall–Kier alpha value is -2.72. The highest BCUT2D eigenvalue weighted by Crippen LogP contribution is 2.27. The van der Waals surface area contributed by atoms with Gasteiger partial charge in [0, 0.05) is 61.7 Å². The lowest BCUT2D eigenvalue weighted by Crippen LogP contribution is -2.64. The molecule has 11 heteroatoms. The number of alkyl halides is 3. The van der Waals surface area contributed by atoms with Crippen LogP contribution in [0.3, 0.4) is 0 Å². The van der Waals surface area contributed by atoms with Crippen LogP contribution < -0.4 is 15.0 Å². The number of anilines is 2. The van der Waals surface area contributed by atoms with Gasteiger partial charge in [-0.25, -0.2) is 9.18 Å². The molecule has 0 aromatic heterocycles. The monoisotopic (exact) mass is 472 g/mol. The van der Waals surface area contributed by atoms with Gasteiger partial charge in [-0.2, -0.15) is 0 Å². The van der Waals surface area contributed by atoms with Crippen LogP contribution in [0, 0.1) is 5.82 Å². The normalized spacial score (nSPS) is 17.8.